The predicted octanol–water partition coefficient (Wildman–Crippen LogP) is 4.40. The Morgan fingerprint density at radius 2 is 1.63 bits per heavy atom. The molecule has 0 aliphatic heterocycles. The summed E-state index contributed by atoms with van der Waals surface area (Å²) in [5.74, 6) is -1.19. The minimum atomic E-state index is -0.584. The van der Waals surface area contributed by atoms with Crippen molar-refractivity contribution in [3.63, 3.8) is 0 Å². The molecular weight excluding hydrogens is 406 g/mol. The fraction of sp³-hybridized carbons (Fsp3) is 0.174. The number of hydrogen-bond donors (Lipinski definition) is 1. The van der Waals surface area contributed by atoms with Gasteiger partial charge in [-0.15, -0.1) is 0 Å². The number of hydrogen-bond acceptors (Lipinski definition) is 5. The molecule has 0 saturated heterocycles. The molecule has 0 aliphatic carbocycles. The summed E-state index contributed by atoms with van der Waals surface area (Å²) in [7, 11) is 1.27. The van der Waals surface area contributed by atoms with Gasteiger partial charge in [0.15, 0.2) is 0 Å². The molecule has 1 N–H and O–H groups in total. The van der Waals surface area contributed by atoms with Crippen molar-refractivity contribution < 1.29 is 23.9 Å². The van der Waals surface area contributed by atoms with Crippen LogP contribution in [0.4, 0.5) is 0 Å². The van der Waals surface area contributed by atoms with Crippen molar-refractivity contribution in [3.8, 4) is 5.75 Å². The third-order valence-corrected chi connectivity index (χ3v) is 4.68. The van der Waals surface area contributed by atoms with Gasteiger partial charge < -0.3 is 14.8 Å². The van der Waals surface area contributed by atoms with E-state index in [1.807, 2.05) is 24.3 Å². The van der Waals surface area contributed by atoms with Crippen molar-refractivity contribution in [2.75, 3.05) is 13.7 Å². The van der Waals surface area contributed by atoms with Crippen LogP contribution in [0, 0.1) is 0 Å². The highest BCUT2D eigenvalue weighted by Gasteiger charge is 2.17. The molecule has 7 heteroatoms. The minimum absolute atomic E-state index is 0.0777. The second-order valence-electron chi connectivity index (χ2n) is 6.53. The van der Waals surface area contributed by atoms with Crippen molar-refractivity contribution in [2.45, 2.75) is 12.8 Å². The van der Waals surface area contributed by atoms with Crippen molar-refractivity contribution >= 4 is 40.2 Å². The lowest BCUT2D eigenvalue weighted by Crippen LogP contribution is -2.25. The first-order valence-corrected chi connectivity index (χ1v) is 9.71. The molecule has 0 fully saturated rings. The van der Waals surface area contributed by atoms with Crippen molar-refractivity contribution in [2.24, 2.45) is 0 Å². The van der Waals surface area contributed by atoms with E-state index in [1.165, 1.54) is 7.11 Å². The first kappa shape index (κ1) is 21.3. The number of carbonyl (C=O) groups is 3. The standard InChI is InChI=1S/C23H20ClNO5/c1-29-23(28)19-13-16-5-2-3-6-17(16)14-20(19)30-21(26)7-4-12-25-22(27)15-8-10-18(24)11-9-15/h2-3,5-6,8-11,13-14H,4,7,12H2,1H3,(H,25,27). The highest BCUT2D eigenvalue weighted by molar-refractivity contribution is 6.30. The summed E-state index contributed by atoms with van der Waals surface area (Å²) in [5, 5.41) is 4.96. The molecule has 0 unspecified atom stereocenters. The van der Waals surface area contributed by atoms with Gasteiger partial charge in [0.2, 0.25) is 0 Å². The van der Waals surface area contributed by atoms with Gasteiger partial charge in [-0.05, 0) is 53.6 Å². The second-order valence-corrected chi connectivity index (χ2v) is 6.96. The molecule has 30 heavy (non-hydrogen) atoms. The van der Waals surface area contributed by atoms with Crippen LogP contribution in [-0.2, 0) is 9.53 Å². The monoisotopic (exact) mass is 425 g/mol. The first-order chi connectivity index (χ1) is 14.5. The zero-order valence-electron chi connectivity index (χ0n) is 16.3. The van der Waals surface area contributed by atoms with Crippen LogP contribution in [0.25, 0.3) is 10.8 Å². The minimum Gasteiger partial charge on any atom is -0.465 e. The van der Waals surface area contributed by atoms with Crippen molar-refractivity contribution in [1.29, 1.82) is 0 Å². The van der Waals surface area contributed by atoms with Gasteiger partial charge in [-0.3, -0.25) is 9.59 Å². The zero-order valence-corrected chi connectivity index (χ0v) is 17.1. The molecule has 0 radical (unpaired) electrons. The zero-order chi connectivity index (χ0) is 21.5. The fourth-order valence-corrected chi connectivity index (χ4v) is 3.01. The van der Waals surface area contributed by atoms with Gasteiger partial charge in [-0.1, -0.05) is 35.9 Å². The van der Waals surface area contributed by atoms with Gasteiger partial charge in [-0.2, -0.15) is 0 Å². The largest absolute Gasteiger partial charge is 0.465 e. The lowest BCUT2D eigenvalue weighted by atomic mass is 10.1. The van der Waals surface area contributed by atoms with Crippen LogP contribution in [0.1, 0.15) is 33.6 Å². The molecule has 0 saturated carbocycles. The number of fused-ring (bicyclic) bond motifs is 1. The number of esters is 2. The van der Waals surface area contributed by atoms with E-state index >= 15 is 0 Å². The summed E-state index contributed by atoms with van der Waals surface area (Å²) in [6.45, 7) is 0.304. The molecule has 0 aromatic heterocycles. The van der Waals surface area contributed by atoms with Crippen LogP contribution in [0.5, 0.6) is 5.75 Å². The number of benzene rings is 3. The van der Waals surface area contributed by atoms with Crippen LogP contribution in [0.2, 0.25) is 5.02 Å². The smallest absolute Gasteiger partial charge is 0.341 e. The summed E-state index contributed by atoms with van der Waals surface area (Å²) in [5.41, 5.74) is 0.668. The third kappa shape index (κ3) is 5.36. The van der Waals surface area contributed by atoms with E-state index in [0.717, 1.165) is 10.8 Å². The average molecular weight is 426 g/mol. The molecule has 3 rings (SSSR count). The number of rotatable bonds is 7. The van der Waals surface area contributed by atoms with E-state index in [9.17, 15) is 14.4 Å². The number of carbonyl (C=O) groups excluding carboxylic acids is 3. The van der Waals surface area contributed by atoms with E-state index < -0.39 is 11.9 Å². The van der Waals surface area contributed by atoms with E-state index in [4.69, 9.17) is 21.1 Å². The normalized spacial score (nSPS) is 10.5. The highest BCUT2D eigenvalue weighted by atomic mass is 35.5. The lowest BCUT2D eigenvalue weighted by Gasteiger charge is -2.11. The summed E-state index contributed by atoms with van der Waals surface area (Å²) < 4.78 is 10.2. The second kappa shape index (κ2) is 9.89. The third-order valence-electron chi connectivity index (χ3n) is 4.43. The molecule has 0 bridgehead atoms. The summed E-state index contributed by atoms with van der Waals surface area (Å²) in [6, 6.07) is 17.2. The lowest BCUT2D eigenvalue weighted by molar-refractivity contribution is -0.134. The number of methoxy groups -OCH3 is 1. The maximum absolute atomic E-state index is 12.3. The average Bonchev–Trinajstić information content (AvgIpc) is 2.76. The van der Waals surface area contributed by atoms with Gasteiger partial charge in [0.05, 0.1) is 7.11 Å². The Kier molecular flexibility index (Phi) is 7.03. The van der Waals surface area contributed by atoms with E-state index in [-0.39, 0.29) is 23.6 Å². The molecule has 0 atom stereocenters. The van der Waals surface area contributed by atoms with Crippen LogP contribution in [0.3, 0.4) is 0 Å². The SMILES string of the molecule is COC(=O)c1cc2ccccc2cc1OC(=O)CCCNC(=O)c1ccc(Cl)cc1. The fourth-order valence-electron chi connectivity index (χ4n) is 2.88. The maximum atomic E-state index is 12.3. The number of ether oxygens (including phenoxy) is 2. The Bertz CT molecular complexity index is 1080. The Hall–Kier alpha value is -3.38. The van der Waals surface area contributed by atoms with Crippen LogP contribution >= 0.6 is 11.6 Å². The topological polar surface area (TPSA) is 81.7 Å². The Labute approximate surface area is 178 Å². The van der Waals surface area contributed by atoms with Gasteiger partial charge in [0.25, 0.3) is 5.91 Å². The molecule has 154 valence electrons. The molecule has 0 aliphatic rings. The van der Waals surface area contributed by atoms with Gasteiger partial charge in [-0.25, -0.2) is 4.79 Å². The van der Waals surface area contributed by atoms with E-state index in [2.05, 4.69) is 5.32 Å². The Balaban J connectivity index is 1.57. The number of amides is 1. The van der Waals surface area contributed by atoms with Gasteiger partial charge in [0.1, 0.15) is 11.3 Å². The van der Waals surface area contributed by atoms with Crippen molar-refractivity contribution in [3.05, 3.63) is 76.8 Å². The summed E-state index contributed by atoms with van der Waals surface area (Å²) in [4.78, 5) is 36.4. The summed E-state index contributed by atoms with van der Waals surface area (Å²) >= 11 is 5.80. The first-order valence-electron chi connectivity index (χ1n) is 9.33. The van der Waals surface area contributed by atoms with Crippen molar-refractivity contribution in [1.82, 2.24) is 5.32 Å². The number of nitrogens with one attached hydrogen (secondary N) is 1. The molecule has 6 nitrogen and oxygen atoms in total. The van der Waals surface area contributed by atoms with Crippen LogP contribution in [-0.4, -0.2) is 31.5 Å². The summed E-state index contributed by atoms with van der Waals surface area (Å²) in [6.07, 6.45) is 0.466. The number of halogens is 1. The highest BCUT2D eigenvalue weighted by Crippen LogP contribution is 2.27. The molecule has 3 aromatic carbocycles. The van der Waals surface area contributed by atoms with Crippen LogP contribution in [0.15, 0.2) is 60.7 Å². The van der Waals surface area contributed by atoms with Gasteiger partial charge in [0, 0.05) is 23.6 Å². The Morgan fingerprint density at radius 1 is 0.967 bits per heavy atom. The van der Waals surface area contributed by atoms with E-state index in [1.54, 1.807) is 36.4 Å². The maximum Gasteiger partial charge on any atom is 0.341 e. The molecule has 3 aromatic rings. The molecule has 1 amide bonds. The quantitative estimate of drug-likeness (QED) is 0.345. The van der Waals surface area contributed by atoms with Gasteiger partial charge >= 0.3 is 11.9 Å². The molecular formula is C23H20ClNO5. The molecule has 0 heterocycles. The molecule has 0 spiro atoms. The van der Waals surface area contributed by atoms with Crippen LogP contribution < -0.4 is 10.1 Å². The predicted molar refractivity (Wildman–Crippen MR) is 114 cm³/mol. The van der Waals surface area contributed by atoms with E-state index in [0.29, 0.717) is 23.6 Å². The Morgan fingerprint density at radius 3 is 2.30 bits per heavy atom.